The van der Waals surface area contributed by atoms with Crippen LogP contribution in [0.5, 0.6) is 0 Å². The highest BCUT2D eigenvalue weighted by atomic mass is 16.4. The Hall–Kier alpha value is -3.60. The molecule has 1 atom stereocenters. The maximum atomic E-state index is 12.1. The smallest absolute Gasteiger partial charge is 0.352 e. The first-order valence-corrected chi connectivity index (χ1v) is 10.0. The van der Waals surface area contributed by atoms with E-state index in [1.807, 2.05) is 62.4 Å². The molecule has 1 heterocycles. The molecule has 3 N–H and O–H groups in total. The fourth-order valence-electron chi connectivity index (χ4n) is 4.80. The molecule has 5 heteroatoms. The van der Waals surface area contributed by atoms with E-state index in [4.69, 9.17) is 0 Å². The van der Waals surface area contributed by atoms with Crippen molar-refractivity contribution in [2.75, 3.05) is 0 Å². The van der Waals surface area contributed by atoms with Crippen molar-refractivity contribution >= 4 is 33.5 Å². The van der Waals surface area contributed by atoms with Crippen molar-refractivity contribution in [3.63, 3.8) is 0 Å². The van der Waals surface area contributed by atoms with Crippen molar-refractivity contribution < 1.29 is 19.8 Å². The van der Waals surface area contributed by atoms with Gasteiger partial charge in [-0.3, -0.25) is 0 Å². The Kier molecular flexibility index (Phi) is 4.82. The zero-order valence-corrected chi connectivity index (χ0v) is 16.9. The number of carbonyl (C=O) groups is 2. The maximum Gasteiger partial charge on any atom is 0.352 e. The van der Waals surface area contributed by atoms with Crippen LogP contribution in [0, 0.1) is 0 Å². The standard InChI is InChI=1S/C25H23NO4/c1-3-19-22(24(29)30)26-20(23(27)28)14-25(19,4-2)21-17-11-7-5-9-15(17)13-16-10-6-8-12-18(16)21/h5-14,26H,3-4H2,1-2H3,(H,27,28)(H,29,30). The van der Waals surface area contributed by atoms with E-state index in [0.717, 1.165) is 27.1 Å². The quantitative estimate of drug-likeness (QED) is 0.526. The molecule has 3 aromatic carbocycles. The molecule has 0 saturated heterocycles. The summed E-state index contributed by atoms with van der Waals surface area (Å²) in [5.41, 5.74) is 0.625. The SMILES string of the molecule is CCC1=C(C(=O)O)NC(C(=O)O)=CC1(CC)c1c2ccccc2cc2ccccc12. The number of nitrogens with one attached hydrogen (secondary N) is 1. The van der Waals surface area contributed by atoms with Gasteiger partial charge in [-0.25, -0.2) is 9.59 Å². The minimum atomic E-state index is -1.17. The monoisotopic (exact) mass is 401 g/mol. The third-order valence-corrected chi connectivity index (χ3v) is 6.06. The summed E-state index contributed by atoms with van der Waals surface area (Å²) in [6.07, 6.45) is 2.71. The molecule has 0 saturated carbocycles. The predicted molar refractivity (Wildman–Crippen MR) is 117 cm³/mol. The van der Waals surface area contributed by atoms with Crippen LogP contribution in [0.15, 0.2) is 77.6 Å². The van der Waals surface area contributed by atoms with Crippen LogP contribution >= 0.6 is 0 Å². The fraction of sp³-hybridized carbons (Fsp3) is 0.200. The topological polar surface area (TPSA) is 86.6 Å². The second kappa shape index (κ2) is 7.34. The minimum Gasteiger partial charge on any atom is -0.477 e. The Morgan fingerprint density at radius 3 is 1.93 bits per heavy atom. The molecule has 1 unspecified atom stereocenters. The summed E-state index contributed by atoms with van der Waals surface area (Å²) < 4.78 is 0. The average Bonchev–Trinajstić information content (AvgIpc) is 2.76. The van der Waals surface area contributed by atoms with Gasteiger partial charge in [0, 0.05) is 5.41 Å². The van der Waals surface area contributed by atoms with Gasteiger partial charge < -0.3 is 15.5 Å². The molecule has 0 radical (unpaired) electrons. The van der Waals surface area contributed by atoms with Crippen LogP contribution in [0.4, 0.5) is 0 Å². The summed E-state index contributed by atoms with van der Waals surface area (Å²) >= 11 is 0. The largest absolute Gasteiger partial charge is 0.477 e. The van der Waals surface area contributed by atoms with Gasteiger partial charge in [0.1, 0.15) is 11.4 Å². The molecular formula is C25H23NO4. The summed E-state index contributed by atoms with van der Waals surface area (Å²) in [4.78, 5) is 24.0. The summed E-state index contributed by atoms with van der Waals surface area (Å²) in [5, 5.41) is 26.4. The third kappa shape index (κ3) is 2.86. The normalized spacial score (nSPS) is 18.9. The zero-order valence-electron chi connectivity index (χ0n) is 16.9. The molecule has 3 aromatic rings. The van der Waals surface area contributed by atoms with Crippen LogP contribution in [-0.4, -0.2) is 22.2 Å². The zero-order chi connectivity index (χ0) is 21.5. The van der Waals surface area contributed by atoms with Gasteiger partial charge in [-0.2, -0.15) is 0 Å². The average molecular weight is 401 g/mol. The van der Waals surface area contributed by atoms with Crippen molar-refractivity contribution in [1.29, 1.82) is 0 Å². The first-order valence-electron chi connectivity index (χ1n) is 10.0. The van der Waals surface area contributed by atoms with Crippen molar-refractivity contribution in [2.24, 2.45) is 0 Å². The highest BCUT2D eigenvalue weighted by molar-refractivity contribution is 6.05. The molecule has 0 spiro atoms. The van der Waals surface area contributed by atoms with E-state index in [2.05, 4.69) is 11.4 Å². The van der Waals surface area contributed by atoms with Crippen LogP contribution in [0.25, 0.3) is 21.5 Å². The number of carboxylic acid groups (broad SMARTS) is 2. The second-order valence-electron chi connectivity index (χ2n) is 7.52. The summed E-state index contributed by atoms with van der Waals surface area (Å²) in [6.45, 7) is 3.89. The predicted octanol–water partition coefficient (Wildman–Crippen LogP) is 4.96. The molecule has 1 aliphatic rings. The van der Waals surface area contributed by atoms with E-state index >= 15 is 0 Å². The second-order valence-corrected chi connectivity index (χ2v) is 7.52. The van der Waals surface area contributed by atoms with E-state index in [1.54, 1.807) is 6.08 Å². The number of hydrogen-bond acceptors (Lipinski definition) is 3. The molecule has 5 nitrogen and oxygen atoms in total. The highest BCUT2D eigenvalue weighted by Gasteiger charge is 2.42. The lowest BCUT2D eigenvalue weighted by Crippen LogP contribution is -2.40. The first-order chi connectivity index (χ1) is 14.4. The van der Waals surface area contributed by atoms with Gasteiger partial charge in [-0.05, 0) is 57.7 Å². The van der Waals surface area contributed by atoms with Crippen molar-refractivity contribution in [3.8, 4) is 0 Å². The van der Waals surface area contributed by atoms with Gasteiger partial charge in [0.05, 0.1) is 0 Å². The molecule has 4 rings (SSSR count). The minimum absolute atomic E-state index is 0.0451. The Labute approximate surface area is 174 Å². The van der Waals surface area contributed by atoms with Crippen molar-refractivity contribution in [3.05, 3.63) is 83.2 Å². The fourth-order valence-corrected chi connectivity index (χ4v) is 4.80. The summed E-state index contributed by atoms with van der Waals surface area (Å²) in [6, 6.07) is 18.1. The number of benzene rings is 3. The summed E-state index contributed by atoms with van der Waals surface area (Å²) in [7, 11) is 0. The van der Waals surface area contributed by atoms with E-state index in [1.165, 1.54) is 0 Å². The highest BCUT2D eigenvalue weighted by Crippen LogP contribution is 2.48. The lowest BCUT2D eigenvalue weighted by Gasteiger charge is -2.39. The van der Waals surface area contributed by atoms with Gasteiger partial charge in [0.25, 0.3) is 0 Å². The molecule has 0 bridgehead atoms. The Morgan fingerprint density at radius 1 is 0.900 bits per heavy atom. The number of allylic oxidation sites excluding steroid dienone is 2. The van der Waals surface area contributed by atoms with E-state index in [0.29, 0.717) is 18.4 Å². The van der Waals surface area contributed by atoms with Gasteiger partial charge in [0.15, 0.2) is 0 Å². The lowest BCUT2D eigenvalue weighted by atomic mass is 9.66. The van der Waals surface area contributed by atoms with E-state index in [-0.39, 0.29) is 11.4 Å². The molecule has 0 amide bonds. The first kappa shape index (κ1) is 19.7. The Morgan fingerprint density at radius 2 is 1.47 bits per heavy atom. The Bertz CT molecular complexity index is 1200. The number of fused-ring (bicyclic) bond motifs is 2. The third-order valence-electron chi connectivity index (χ3n) is 6.06. The van der Waals surface area contributed by atoms with Crippen LogP contribution in [-0.2, 0) is 15.0 Å². The molecule has 1 aliphatic heterocycles. The molecule has 30 heavy (non-hydrogen) atoms. The van der Waals surface area contributed by atoms with Gasteiger partial charge in [-0.1, -0.05) is 62.4 Å². The number of rotatable bonds is 5. The van der Waals surface area contributed by atoms with Crippen LogP contribution < -0.4 is 5.32 Å². The number of hydrogen-bond donors (Lipinski definition) is 3. The van der Waals surface area contributed by atoms with E-state index in [9.17, 15) is 19.8 Å². The van der Waals surface area contributed by atoms with Crippen LogP contribution in [0.1, 0.15) is 32.3 Å². The number of carboxylic acids is 2. The van der Waals surface area contributed by atoms with Gasteiger partial charge >= 0.3 is 11.9 Å². The molecular weight excluding hydrogens is 378 g/mol. The van der Waals surface area contributed by atoms with Crippen LogP contribution in [0.2, 0.25) is 0 Å². The van der Waals surface area contributed by atoms with Gasteiger partial charge in [-0.15, -0.1) is 0 Å². The number of dihydropyridines is 1. The van der Waals surface area contributed by atoms with Crippen molar-refractivity contribution in [2.45, 2.75) is 32.1 Å². The molecule has 0 fully saturated rings. The molecule has 152 valence electrons. The Balaban J connectivity index is 2.24. The van der Waals surface area contributed by atoms with Crippen molar-refractivity contribution in [1.82, 2.24) is 5.32 Å². The molecule has 0 aromatic heterocycles. The van der Waals surface area contributed by atoms with E-state index < -0.39 is 17.4 Å². The molecule has 0 aliphatic carbocycles. The lowest BCUT2D eigenvalue weighted by molar-refractivity contribution is -0.133. The van der Waals surface area contributed by atoms with Gasteiger partial charge in [0.2, 0.25) is 0 Å². The summed E-state index contributed by atoms with van der Waals surface area (Å²) in [5.74, 6) is -2.33. The number of aliphatic carboxylic acids is 2. The van der Waals surface area contributed by atoms with Crippen LogP contribution in [0.3, 0.4) is 0 Å². The maximum absolute atomic E-state index is 12.1.